The Hall–Kier alpha value is -5.93. The number of aromatic amines is 1. The van der Waals surface area contributed by atoms with E-state index in [-0.39, 0.29) is 60.6 Å². The van der Waals surface area contributed by atoms with Crippen LogP contribution in [-0.2, 0) is 27.2 Å². The summed E-state index contributed by atoms with van der Waals surface area (Å²) in [4.78, 5) is 41.2. The number of benzene rings is 4. The molecule has 0 saturated carbocycles. The Morgan fingerprint density at radius 1 is 0.950 bits per heavy atom. The number of amides is 2. The number of methoxy groups -OCH3 is 1. The number of H-pyrrole nitrogens is 1. The average Bonchev–Trinajstić information content (AvgIpc) is 4.00. The molecule has 14 heteroatoms. The first-order valence-electron chi connectivity index (χ1n) is 20.5. The summed E-state index contributed by atoms with van der Waals surface area (Å²) >= 11 is 0. The molecule has 60 heavy (non-hydrogen) atoms. The van der Waals surface area contributed by atoms with Gasteiger partial charge < -0.3 is 49.3 Å². The van der Waals surface area contributed by atoms with Crippen LogP contribution in [0.1, 0.15) is 49.0 Å². The van der Waals surface area contributed by atoms with Crippen molar-refractivity contribution in [3.05, 3.63) is 112 Å². The van der Waals surface area contributed by atoms with Crippen molar-refractivity contribution in [3.8, 4) is 28.4 Å². The van der Waals surface area contributed by atoms with Crippen molar-refractivity contribution in [2.75, 3.05) is 45.0 Å². The highest BCUT2D eigenvalue weighted by Gasteiger charge is 2.70. The number of carbonyl (C=O) groups is 2. The predicted molar refractivity (Wildman–Crippen MR) is 227 cm³/mol. The average molecular weight is 819 g/mol. The van der Waals surface area contributed by atoms with Gasteiger partial charge in [0.1, 0.15) is 47.6 Å². The number of ether oxygens (including phenoxy) is 4. The number of carbonyl (C=O) groups excluding carboxylic acids is 2. The second-order valence-corrected chi connectivity index (χ2v) is 16.3. The van der Waals surface area contributed by atoms with Gasteiger partial charge in [-0.05, 0) is 48.2 Å². The molecule has 3 fully saturated rings. The fraction of sp³-hybridized carbons (Fsp3) is 0.370. The van der Waals surface area contributed by atoms with Crippen molar-refractivity contribution < 1.29 is 43.2 Å². The lowest BCUT2D eigenvalue weighted by Gasteiger charge is -2.45. The number of quaternary nitrogens is 1. The number of pyridine rings is 1. The second kappa shape index (κ2) is 17.0. The van der Waals surface area contributed by atoms with Gasteiger partial charge in [-0.25, -0.2) is 4.79 Å². The zero-order valence-electron chi connectivity index (χ0n) is 34.2. The van der Waals surface area contributed by atoms with Gasteiger partial charge in [0, 0.05) is 67.2 Å². The van der Waals surface area contributed by atoms with Gasteiger partial charge in [-0.1, -0.05) is 48.5 Å². The van der Waals surface area contributed by atoms with Crippen molar-refractivity contribution in [1.82, 2.24) is 10.3 Å². The molecule has 4 heterocycles. The Morgan fingerprint density at radius 2 is 1.70 bits per heavy atom. The van der Waals surface area contributed by atoms with Crippen molar-refractivity contribution in [2.45, 2.75) is 75.7 Å². The molecule has 0 unspecified atom stereocenters. The van der Waals surface area contributed by atoms with Crippen LogP contribution < -0.4 is 31.0 Å². The Kier molecular flexibility index (Phi) is 11.6. The molecular weight excluding hydrogens is 767 g/mol. The van der Waals surface area contributed by atoms with E-state index in [0.717, 1.165) is 34.0 Å². The molecule has 8 rings (SSSR count). The molecule has 2 amide bonds. The van der Waals surface area contributed by atoms with Crippen molar-refractivity contribution in [3.63, 3.8) is 0 Å². The topological polar surface area (TPSA) is 184 Å². The largest absolute Gasteiger partial charge is 0.506 e. The molecule has 14 nitrogen and oxygen atoms in total. The first-order valence-corrected chi connectivity index (χ1v) is 20.5. The molecule has 0 radical (unpaired) electrons. The minimum Gasteiger partial charge on any atom is -0.506 e. The number of aromatic nitrogens is 1. The Bertz CT molecular complexity index is 2440. The number of likely N-dealkylation sites (N-methyl/N-ethyl adjacent to an activating group) is 1. The van der Waals surface area contributed by atoms with Gasteiger partial charge in [-0.2, -0.15) is 0 Å². The summed E-state index contributed by atoms with van der Waals surface area (Å²) in [6.45, 7) is 2.65. The lowest BCUT2D eigenvalue weighted by molar-refractivity contribution is -0.938. The molecule has 6 atom stereocenters. The van der Waals surface area contributed by atoms with E-state index in [1.165, 1.54) is 19.2 Å². The van der Waals surface area contributed by atoms with Gasteiger partial charge >= 0.3 is 6.09 Å². The first kappa shape index (κ1) is 40.8. The zero-order valence-corrected chi connectivity index (χ0v) is 34.2. The number of hydrogen-bond acceptors (Lipinski definition) is 10. The number of phenolic OH excluding ortho intramolecular Hbond substituents is 1. The number of nitrogens with one attached hydrogen (secondary N) is 4. The summed E-state index contributed by atoms with van der Waals surface area (Å²) in [5, 5.41) is 31.1. The third kappa shape index (κ3) is 8.41. The number of nitrogens with zero attached hydrogens (tertiary/aromatic N) is 1. The number of rotatable bonds is 15. The van der Waals surface area contributed by atoms with Crippen LogP contribution in [0, 0.1) is 0 Å². The number of hydrogen-bond donors (Lipinski definition) is 6. The molecule has 3 aliphatic rings. The quantitative estimate of drug-likeness (QED) is 0.0541. The summed E-state index contributed by atoms with van der Waals surface area (Å²) < 4.78 is 24.5. The van der Waals surface area contributed by atoms with Crippen LogP contribution in [0.25, 0.3) is 22.0 Å². The molecule has 2 bridgehead atoms. The molecule has 4 aromatic carbocycles. The highest BCUT2D eigenvalue weighted by atomic mass is 16.6. The van der Waals surface area contributed by atoms with Gasteiger partial charge in [0.25, 0.3) is 0 Å². The number of piperidine rings is 1. The maximum absolute atomic E-state index is 13.4. The summed E-state index contributed by atoms with van der Waals surface area (Å²) in [6.07, 6.45) is 1.02. The Morgan fingerprint density at radius 3 is 2.43 bits per heavy atom. The normalized spacial score (nSPS) is 21.4. The third-order valence-electron chi connectivity index (χ3n) is 12.2. The van der Waals surface area contributed by atoms with E-state index in [0.29, 0.717) is 64.5 Å². The summed E-state index contributed by atoms with van der Waals surface area (Å²) in [5.41, 5.74) is 4.93. The van der Waals surface area contributed by atoms with Crippen molar-refractivity contribution in [2.24, 2.45) is 0 Å². The van der Waals surface area contributed by atoms with Crippen LogP contribution in [0.3, 0.4) is 0 Å². The number of epoxide rings is 1. The first-order chi connectivity index (χ1) is 28.9. The van der Waals surface area contributed by atoms with Gasteiger partial charge in [-0.3, -0.25) is 14.9 Å². The van der Waals surface area contributed by atoms with E-state index in [1.54, 1.807) is 24.3 Å². The van der Waals surface area contributed by atoms with E-state index < -0.39 is 12.2 Å². The molecule has 1 aromatic heterocycles. The number of aromatic hydroxyl groups is 1. The molecule has 5 aromatic rings. The SMILES string of the molecule is CCOc1cc(NC(=O)CCc2ccc(-c3ccccc3)c(NC(=O)O[C@@H]3C[C@@H]4[C@H]5O[C@H]5[C@H](C3)[N+]4(C)C)c2)cc(OC)c1CNC[C@H](O)c1ccc(O)c2[nH]c(=O)ccc12. The second-order valence-electron chi connectivity index (χ2n) is 16.3. The fourth-order valence-electron chi connectivity index (χ4n) is 9.12. The van der Waals surface area contributed by atoms with Gasteiger partial charge in [0.2, 0.25) is 11.5 Å². The lowest BCUT2D eigenvalue weighted by Crippen LogP contribution is -2.60. The van der Waals surface area contributed by atoms with Crippen LogP contribution in [-0.4, -0.2) is 96.4 Å². The fourth-order valence-corrected chi connectivity index (χ4v) is 9.12. The van der Waals surface area contributed by atoms with Crippen molar-refractivity contribution >= 4 is 34.3 Å². The van der Waals surface area contributed by atoms with E-state index in [2.05, 4.69) is 35.0 Å². The Balaban J connectivity index is 0.907. The summed E-state index contributed by atoms with van der Waals surface area (Å²) in [5.74, 6) is 0.695. The summed E-state index contributed by atoms with van der Waals surface area (Å²) in [7, 11) is 6.03. The van der Waals surface area contributed by atoms with Crippen LogP contribution in [0.15, 0.2) is 89.7 Å². The number of anilines is 2. The van der Waals surface area contributed by atoms with Gasteiger partial charge in [-0.15, -0.1) is 0 Å². The van der Waals surface area contributed by atoms with E-state index in [9.17, 15) is 24.6 Å². The van der Waals surface area contributed by atoms with Gasteiger partial charge in [0.05, 0.1) is 50.7 Å². The minimum atomic E-state index is -0.959. The minimum absolute atomic E-state index is 0.0831. The number of aliphatic hydroxyl groups excluding tert-OH is 1. The maximum Gasteiger partial charge on any atom is 0.411 e. The van der Waals surface area contributed by atoms with Gasteiger partial charge in [0.15, 0.2) is 0 Å². The highest BCUT2D eigenvalue weighted by Crippen LogP contribution is 2.51. The molecular formula is C46H52N5O9+. The molecule has 0 spiro atoms. The number of fused-ring (bicyclic) bond motifs is 6. The van der Waals surface area contributed by atoms with Crippen molar-refractivity contribution in [1.29, 1.82) is 0 Å². The van der Waals surface area contributed by atoms with Crippen LogP contribution in [0.4, 0.5) is 16.2 Å². The number of morpholine rings is 1. The monoisotopic (exact) mass is 818 g/mol. The van der Waals surface area contributed by atoms with E-state index in [4.69, 9.17) is 18.9 Å². The molecule has 3 saturated heterocycles. The van der Waals surface area contributed by atoms with Crippen LogP contribution >= 0.6 is 0 Å². The van der Waals surface area contributed by atoms with Crippen LogP contribution in [0.2, 0.25) is 0 Å². The highest BCUT2D eigenvalue weighted by molar-refractivity contribution is 5.93. The van der Waals surface area contributed by atoms with E-state index in [1.807, 2.05) is 55.5 Å². The lowest BCUT2D eigenvalue weighted by atomic mass is 9.96. The standard InChI is InChI=1S/C46H51N5O9/c1-5-58-40-21-28(20-39(57-4)33(40)24-47-25-38(53)31-14-16-37(52)43-32(31)15-18-42(55)50-43)48-41(54)17-12-26-11-13-30(27-9-7-6-8-10-27)34(19-26)49-46(56)59-29-22-35-44-45(60-44)36(23-29)51(35,2)3/h6-11,13-16,18-21,29,35-36,38,44-45,47,53H,5,12,17,22-25H2,1-4H3,(H3-,48,49,50,52,54,55,56)/p+1/t29-,35-,36+,38-,44-,45+/m0/s1. The predicted octanol–water partition coefficient (Wildman–Crippen LogP) is 6.01. The smallest absolute Gasteiger partial charge is 0.411 e. The third-order valence-corrected chi connectivity index (χ3v) is 12.2. The van der Waals surface area contributed by atoms with Crippen LogP contribution in [0.5, 0.6) is 17.2 Å². The number of phenols is 1. The molecule has 0 aliphatic carbocycles. The maximum atomic E-state index is 13.4. The summed E-state index contributed by atoms with van der Waals surface area (Å²) in [6, 6.07) is 25.8. The zero-order chi connectivity index (χ0) is 42.1. The number of aryl methyl sites for hydroxylation is 1. The molecule has 3 aliphatic heterocycles. The van der Waals surface area contributed by atoms with E-state index >= 15 is 0 Å². The molecule has 314 valence electrons. The molecule has 6 N–H and O–H groups in total. The number of aliphatic hydroxyl groups is 1. The Labute approximate surface area is 348 Å².